The van der Waals surface area contributed by atoms with Crippen LogP contribution in [0.15, 0.2) is 24.3 Å². The molecule has 51 heavy (non-hydrogen) atoms. The van der Waals surface area contributed by atoms with Gasteiger partial charge in [-0.2, -0.15) is 0 Å². The minimum Gasteiger partial charge on any atom is -0.507 e. The number of phenolic OH excluding ortho intramolecular Hbond substituents is 2. The topological polar surface area (TPSA) is 218 Å². The van der Waals surface area contributed by atoms with Gasteiger partial charge in [-0.3, -0.25) is 18.9 Å². The van der Waals surface area contributed by atoms with Crippen LogP contribution in [0.2, 0.25) is 0 Å². The van der Waals surface area contributed by atoms with Crippen LogP contribution in [-0.4, -0.2) is 111 Å². The fourth-order valence-electron chi connectivity index (χ4n) is 6.74. The Kier molecular flexibility index (Phi) is 13.8. The summed E-state index contributed by atoms with van der Waals surface area (Å²) in [6.45, 7) is 5.16. The summed E-state index contributed by atoms with van der Waals surface area (Å²) in [5.41, 5.74) is 3.38. The highest BCUT2D eigenvalue weighted by molar-refractivity contribution is 7.54. The van der Waals surface area contributed by atoms with E-state index in [0.29, 0.717) is 31.5 Å². The summed E-state index contributed by atoms with van der Waals surface area (Å²) in [5, 5.41) is 46.7. The fourth-order valence-corrected chi connectivity index (χ4v) is 9.28. The van der Waals surface area contributed by atoms with Gasteiger partial charge in [-0.25, -0.2) is 9.76 Å². The summed E-state index contributed by atoms with van der Waals surface area (Å²) in [6.07, 6.45) is -3.48. The first-order valence-corrected chi connectivity index (χ1v) is 19.0. The molecule has 7 atom stereocenters. The number of nitrogens with two attached hydrogens (primary N) is 1. The molecule has 2 aromatic rings. The third kappa shape index (κ3) is 8.18. The number of ketones is 3. The quantitative estimate of drug-likeness (QED) is 0.110. The van der Waals surface area contributed by atoms with E-state index in [-0.39, 0.29) is 58.6 Å². The molecule has 0 radical (unpaired) electrons. The lowest BCUT2D eigenvalue weighted by Gasteiger charge is -2.42. The van der Waals surface area contributed by atoms with Gasteiger partial charge in [-0.15, -0.1) is 35.6 Å². The molecule has 2 fully saturated rings. The first-order valence-electron chi connectivity index (χ1n) is 16.3. The van der Waals surface area contributed by atoms with E-state index in [2.05, 4.69) is 5.09 Å². The molecule has 0 aromatic heterocycles. The van der Waals surface area contributed by atoms with E-state index < -0.39 is 79.2 Å². The van der Waals surface area contributed by atoms with Crippen LogP contribution in [0.1, 0.15) is 82.2 Å². The molecule has 0 bridgehead atoms. The number of nitrogens with zero attached hydrogens (tertiary/aromatic N) is 1. The third-order valence-electron chi connectivity index (χ3n) is 9.44. The zero-order valence-corrected chi connectivity index (χ0v) is 31.3. The molecule has 14 nitrogen and oxygen atoms in total. The van der Waals surface area contributed by atoms with Gasteiger partial charge in [0.25, 0.3) is 0 Å². The summed E-state index contributed by atoms with van der Waals surface area (Å²) in [4.78, 5) is 39.0. The number of hydrogen-bond acceptors (Lipinski definition) is 12. The lowest BCUT2D eigenvalue weighted by Crippen LogP contribution is -2.52. The molecule has 2 aliphatic carbocycles. The lowest BCUT2D eigenvalue weighted by atomic mass is 9.72. The molecule has 2 aliphatic heterocycles. The van der Waals surface area contributed by atoms with E-state index in [0.717, 1.165) is 13.0 Å². The van der Waals surface area contributed by atoms with Crippen LogP contribution in [0, 0.1) is 0 Å². The SMILES string of the molecule is CC(=O)[C@]1(O)Cc2c(O)c3c(c(O)c2[C@@H](O[C@H]2C[C@H](N)[C@H](O)[C@H](C)O2)C1)C(=O)c1ccccc1C3=O.Cl.O=P1(NCCCl)OCCCN1CCCl. The highest BCUT2D eigenvalue weighted by atomic mass is 35.5. The van der Waals surface area contributed by atoms with Gasteiger partial charge in [0.15, 0.2) is 23.6 Å². The van der Waals surface area contributed by atoms with E-state index in [1.165, 1.54) is 19.1 Å². The van der Waals surface area contributed by atoms with Crippen LogP contribution in [-0.2, 0) is 29.8 Å². The number of fused-ring (bicyclic) bond motifs is 3. The van der Waals surface area contributed by atoms with E-state index in [9.17, 15) is 39.4 Å². The number of halogens is 3. The number of hydrogen-bond donors (Lipinski definition) is 6. The summed E-state index contributed by atoms with van der Waals surface area (Å²) in [7, 11) is -2.84. The number of alkyl halides is 2. The molecule has 4 aliphatic rings. The Hall–Kier alpha value is -2.17. The van der Waals surface area contributed by atoms with Gasteiger partial charge >= 0.3 is 7.67 Å². The number of Topliss-reactive ketones (excluding diaryl/α,β-unsaturated/α-hetero) is 1. The third-order valence-corrected chi connectivity index (χ3v) is 12.1. The molecular formula is C33H43Cl3N3O11P. The first-order chi connectivity index (χ1) is 23.7. The van der Waals surface area contributed by atoms with Crippen molar-refractivity contribution in [2.24, 2.45) is 5.73 Å². The van der Waals surface area contributed by atoms with Gasteiger partial charge in [-0.05, 0) is 20.3 Å². The van der Waals surface area contributed by atoms with Crippen LogP contribution in [0.3, 0.4) is 0 Å². The molecular weight excluding hydrogens is 752 g/mol. The number of carbonyl (C=O) groups is 3. The van der Waals surface area contributed by atoms with Crippen molar-refractivity contribution in [2.75, 3.05) is 38.0 Å². The average Bonchev–Trinajstić information content (AvgIpc) is 3.08. The van der Waals surface area contributed by atoms with Crippen molar-refractivity contribution in [2.45, 2.75) is 75.8 Å². The molecule has 1 unspecified atom stereocenters. The lowest BCUT2D eigenvalue weighted by molar-refractivity contribution is -0.247. The van der Waals surface area contributed by atoms with Gasteiger partial charge in [-0.1, -0.05) is 24.3 Å². The second-order valence-electron chi connectivity index (χ2n) is 12.7. The maximum atomic E-state index is 13.3. The van der Waals surface area contributed by atoms with Crippen molar-refractivity contribution in [1.82, 2.24) is 9.76 Å². The molecule has 282 valence electrons. The second-order valence-corrected chi connectivity index (χ2v) is 15.7. The molecule has 0 amide bonds. The molecule has 0 spiro atoms. The van der Waals surface area contributed by atoms with Gasteiger partial charge in [0.05, 0.1) is 36.0 Å². The normalized spacial score (nSPS) is 30.2. The van der Waals surface area contributed by atoms with Crippen molar-refractivity contribution < 1.29 is 53.4 Å². The Morgan fingerprint density at radius 1 is 1.14 bits per heavy atom. The minimum absolute atomic E-state index is 0. The zero-order valence-electron chi connectivity index (χ0n) is 28.0. The Morgan fingerprint density at radius 3 is 2.33 bits per heavy atom. The number of nitrogens with one attached hydrogen (secondary N) is 1. The Labute approximate surface area is 311 Å². The smallest absolute Gasteiger partial charge is 0.343 e. The highest BCUT2D eigenvalue weighted by Crippen LogP contribution is 2.52. The monoisotopic (exact) mass is 793 g/mol. The summed E-state index contributed by atoms with van der Waals surface area (Å²) in [5.74, 6) is -2.18. The van der Waals surface area contributed by atoms with E-state index >= 15 is 0 Å². The number of ether oxygens (including phenoxy) is 2. The van der Waals surface area contributed by atoms with E-state index in [1.54, 1.807) is 23.7 Å². The Balaban J connectivity index is 0.000000329. The second kappa shape index (κ2) is 16.9. The summed E-state index contributed by atoms with van der Waals surface area (Å²) >= 11 is 11.1. The predicted octanol–water partition coefficient (Wildman–Crippen LogP) is 3.33. The molecule has 7 N–H and O–H groups in total. The van der Waals surface area contributed by atoms with Gasteiger partial charge < -0.3 is 40.2 Å². The average molecular weight is 795 g/mol. The van der Waals surface area contributed by atoms with Crippen molar-refractivity contribution >= 4 is 60.6 Å². The Morgan fingerprint density at radius 2 is 1.76 bits per heavy atom. The molecule has 2 saturated heterocycles. The van der Waals surface area contributed by atoms with Crippen LogP contribution >= 0.6 is 43.3 Å². The number of phenols is 2. The molecule has 18 heteroatoms. The predicted molar refractivity (Wildman–Crippen MR) is 190 cm³/mol. The van der Waals surface area contributed by atoms with Crippen molar-refractivity contribution in [3.8, 4) is 11.5 Å². The highest BCUT2D eigenvalue weighted by Gasteiger charge is 2.49. The molecule has 2 heterocycles. The van der Waals surface area contributed by atoms with Crippen molar-refractivity contribution in [3.05, 3.63) is 57.6 Å². The number of aliphatic hydroxyl groups is 2. The standard InChI is InChI=1S/C26H27NO9.C7H15Cl2N2O2P.ClH/c1-10-21(29)15(27)7-17(35-10)36-16-9-26(34,11(2)28)8-14-18(16)25(33)20-19(24(14)32)22(30)12-5-3-4-6-13(12)23(20)31;8-2-4-10-14(12)11(6-3-9)5-1-7-13-14;/h3-6,10,15-17,21,29,32-34H,7-9,27H2,1-2H3;1-7H2,(H,10,12);1H/t10-,15-,16-,17-,21+,26-;;/m0../s1. The molecule has 0 saturated carbocycles. The van der Waals surface area contributed by atoms with Crippen LogP contribution in [0.25, 0.3) is 0 Å². The fraction of sp³-hybridized carbons (Fsp3) is 0.545. The van der Waals surface area contributed by atoms with Crippen LogP contribution in [0.5, 0.6) is 11.5 Å². The number of benzene rings is 2. The number of aromatic hydroxyl groups is 2. The zero-order chi connectivity index (χ0) is 36.5. The maximum absolute atomic E-state index is 13.3. The first kappa shape index (κ1) is 41.6. The van der Waals surface area contributed by atoms with Crippen molar-refractivity contribution in [3.63, 3.8) is 0 Å². The number of rotatable bonds is 8. The molecule has 2 aromatic carbocycles. The Bertz CT molecular complexity index is 1690. The maximum Gasteiger partial charge on any atom is 0.343 e. The number of carbonyl (C=O) groups excluding carboxylic acids is 3. The van der Waals surface area contributed by atoms with Crippen molar-refractivity contribution in [1.29, 1.82) is 0 Å². The van der Waals surface area contributed by atoms with Gasteiger partial charge in [0.2, 0.25) is 0 Å². The number of aliphatic hydroxyl groups excluding tert-OH is 1. The summed E-state index contributed by atoms with van der Waals surface area (Å²) in [6, 6.07) is 5.40. The van der Waals surface area contributed by atoms with Gasteiger partial charge in [0, 0.05) is 79.0 Å². The van der Waals surface area contributed by atoms with Gasteiger partial charge in [0.1, 0.15) is 17.1 Å². The van der Waals surface area contributed by atoms with Crippen LogP contribution in [0.4, 0.5) is 0 Å². The van der Waals surface area contributed by atoms with E-state index in [4.69, 9.17) is 42.9 Å². The largest absolute Gasteiger partial charge is 0.507 e. The minimum atomic E-state index is -2.84. The van der Waals surface area contributed by atoms with E-state index in [1.807, 2.05) is 0 Å². The molecule has 6 rings (SSSR count). The van der Waals surface area contributed by atoms with Crippen LogP contribution < -0.4 is 10.8 Å². The summed E-state index contributed by atoms with van der Waals surface area (Å²) < 4.78 is 31.0.